The Labute approximate surface area is 167 Å². The maximum absolute atomic E-state index is 13.1. The second-order valence-corrected chi connectivity index (χ2v) is 6.57. The molecule has 0 fully saturated rings. The Hall–Kier alpha value is -3.54. The van der Waals surface area contributed by atoms with Gasteiger partial charge in [0.15, 0.2) is 11.6 Å². The topological polar surface area (TPSA) is 122 Å². The molecule has 9 nitrogen and oxygen atoms in total. The van der Waals surface area contributed by atoms with Gasteiger partial charge < -0.3 is 15.7 Å². The van der Waals surface area contributed by atoms with Gasteiger partial charge in [-0.2, -0.15) is 4.68 Å². The van der Waals surface area contributed by atoms with Gasteiger partial charge in [0.05, 0.1) is 18.0 Å². The molecule has 2 amide bonds. The average Bonchev–Trinajstić information content (AvgIpc) is 3.17. The molecule has 0 aliphatic carbocycles. The molecule has 0 atom stereocenters. The van der Waals surface area contributed by atoms with Crippen LogP contribution >= 0.6 is 11.8 Å². The first kappa shape index (κ1) is 20.2. The van der Waals surface area contributed by atoms with Crippen LogP contribution in [0.1, 0.15) is 0 Å². The van der Waals surface area contributed by atoms with Crippen LogP contribution < -0.4 is 10.6 Å². The molecule has 0 spiro atoms. The summed E-state index contributed by atoms with van der Waals surface area (Å²) in [6.45, 7) is -0.346. The second-order valence-electron chi connectivity index (χ2n) is 5.63. The Morgan fingerprint density at radius 3 is 2.55 bits per heavy atom. The van der Waals surface area contributed by atoms with Crippen LogP contribution in [0, 0.1) is 11.6 Å². The molecule has 1 aromatic heterocycles. The lowest BCUT2D eigenvalue weighted by atomic mass is 10.3. The van der Waals surface area contributed by atoms with E-state index in [2.05, 4.69) is 26.2 Å². The number of aromatic hydroxyl groups is 1. The van der Waals surface area contributed by atoms with Crippen LogP contribution in [0.4, 0.5) is 14.5 Å². The van der Waals surface area contributed by atoms with E-state index >= 15 is 0 Å². The number of carbonyl (C=O) groups is 2. The third kappa shape index (κ3) is 5.48. The molecule has 1 heterocycles. The Bertz CT molecular complexity index is 1030. The highest BCUT2D eigenvalue weighted by molar-refractivity contribution is 7.99. The largest absolute Gasteiger partial charge is 0.508 e. The van der Waals surface area contributed by atoms with Crippen molar-refractivity contribution in [3.05, 3.63) is 54.1 Å². The Morgan fingerprint density at radius 2 is 1.83 bits per heavy atom. The van der Waals surface area contributed by atoms with E-state index in [1.165, 1.54) is 22.9 Å². The van der Waals surface area contributed by atoms with Crippen LogP contribution in [-0.2, 0) is 9.59 Å². The molecule has 0 aliphatic heterocycles. The molecule has 3 aromatic rings. The Balaban J connectivity index is 1.48. The fourth-order valence-corrected chi connectivity index (χ4v) is 2.88. The lowest BCUT2D eigenvalue weighted by Crippen LogP contribution is -2.34. The quantitative estimate of drug-likeness (QED) is 0.495. The van der Waals surface area contributed by atoms with E-state index < -0.39 is 23.4 Å². The molecule has 3 N–H and O–H groups in total. The monoisotopic (exact) mass is 420 g/mol. The number of halogens is 2. The highest BCUT2D eigenvalue weighted by atomic mass is 32.2. The number of amides is 2. The van der Waals surface area contributed by atoms with Gasteiger partial charge in [0.25, 0.3) is 0 Å². The fourth-order valence-electron chi connectivity index (χ4n) is 2.16. The first-order chi connectivity index (χ1) is 13.9. The number of rotatable bonds is 7. The second kappa shape index (κ2) is 9.10. The van der Waals surface area contributed by atoms with Crippen molar-refractivity contribution in [3.63, 3.8) is 0 Å². The van der Waals surface area contributed by atoms with Gasteiger partial charge in [-0.3, -0.25) is 9.59 Å². The summed E-state index contributed by atoms with van der Waals surface area (Å²) < 4.78 is 27.4. The predicted molar refractivity (Wildman–Crippen MR) is 99.5 cm³/mol. The number of nitrogens with one attached hydrogen (secondary N) is 2. The van der Waals surface area contributed by atoms with E-state index in [-0.39, 0.29) is 23.7 Å². The van der Waals surface area contributed by atoms with E-state index in [9.17, 15) is 23.5 Å². The van der Waals surface area contributed by atoms with E-state index in [4.69, 9.17) is 0 Å². The molecule has 0 saturated carbocycles. The van der Waals surface area contributed by atoms with Crippen molar-refractivity contribution in [1.82, 2.24) is 25.5 Å². The van der Waals surface area contributed by atoms with Crippen molar-refractivity contribution in [2.24, 2.45) is 0 Å². The highest BCUT2D eigenvalue weighted by Crippen LogP contribution is 2.19. The number of thioether (sulfide) groups is 1. The molecule has 3 rings (SSSR count). The van der Waals surface area contributed by atoms with Gasteiger partial charge in [0, 0.05) is 11.8 Å². The van der Waals surface area contributed by atoms with Gasteiger partial charge in [-0.05, 0) is 46.8 Å². The van der Waals surface area contributed by atoms with Gasteiger partial charge in [0.1, 0.15) is 5.75 Å². The molecular weight excluding hydrogens is 406 g/mol. The van der Waals surface area contributed by atoms with Gasteiger partial charge in [-0.15, -0.1) is 5.10 Å². The van der Waals surface area contributed by atoms with E-state index in [0.717, 1.165) is 23.9 Å². The van der Waals surface area contributed by atoms with Gasteiger partial charge in [0.2, 0.25) is 17.0 Å². The van der Waals surface area contributed by atoms with E-state index in [0.29, 0.717) is 10.8 Å². The zero-order valence-corrected chi connectivity index (χ0v) is 15.5. The molecular formula is C17H14F2N6O3S. The summed E-state index contributed by atoms with van der Waals surface area (Å²) in [7, 11) is 0. The zero-order chi connectivity index (χ0) is 20.8. The number of hydrogen-bond acceptors (Lipinski definition) is 7. The summed E-state index contributed by atoms with van der Waals surface area (Å²) >= 11 is 1.05. The van der Waals surface area contributed by atoms with Crippen LogP contribution in [0.15, 0.2) is 47.6 Å². The highest BCUT2D eigenvalue weighted by Gasteiger charge is 2.13. The average molecular weight is 420 g/mol. The fraction of sp³-hybridized carbons (Fsp3) is 0.118. The van der Waals surface area contributed by atoms with Crippen molar-refractivity contribution >= 4 is 29.3 Å². The number of benzene rings is 2. The summed E-state index contributed by atoms with van der Waals surface area (Å²) in [5, 5.41) is 25.7. The predicted octanol–water partition coefficient (Wildman–Crippen LogP) is 1.49. The normalized spacial score (nSPS) is 10.6. The zero-order valence-electron chi connectivity index (χ0n) is 14.7. The summed E-state index contributed by atoms with van der Waals surface area (Å²) in [6, 6.07) is 9.11. The third-order valence-corrected chi connectivity index (χ3v) is 4.44. The third-order valence-electron chi connectivity index (χ3n) is 3.52. The summed E-state index contributed by atoms with van der Waals surface area (Å²) in [5.41, 5.74) is 0.673. The first-order valence-electron chi connectivity index (χ1n) is 8.14. The summed E-state index contributed by atoms with van der Waals surface area (Å²) in [4.78, 5) is 23.8. The molecule has 0 unspecified atom stereocenters. The molecule has 2 aromatic carbocycles. The number of phenols is 1. The van der Waals surface area contributed by atoms with Gasteiger partial charge in [-0.1, -0.05) is 11.8 Å². The molecule has 0 radical (unpaired) electrons. The minimum Gasteiger partial charge on any atom is -0.508 e. The number of nitrogens with zero attached hydrogens (tertiary/aromatic N) is 4. The summed E-state index contributed by atoms with van der Waals surface area (Å²) in [5.74, 6) is -3.12. The molecule has 0 aliphatic rings. The van der Waals surface area contributed by atoms with Crippen LogP contribution in [0.3, 0.4) is 0 Å². The molecule has 0 bridgehead atoms. The Kier molecular flexibility index (Phi) is 6.34. The van der Waals surface area contributed by atoms with Gasteiger partial charge >= 0.3 is 0 Å². The Morgan fingerprint density at radius 1 is 1.07 bits per heavy atom. The van der Waals surface area contributed by atoms with E-state index in [1.54, 1.807) is 12.1 Å². The maximum Gasteiger partial charge on any atom is 0.243 e. The van der Waals surface area contributed by atoms with Crippen molar-refractivity contribution in [3.8, 4) is 11.4 Å². The van der Waals surface area contributed by atoms with Crippen molar-refractivity contribution < 1.29 is 23.5 Å². The molecule has 150 valence electrons. The number of carbonyl (C=O) groups excluding carboxylic acids is 2. The van der Waals surface area contributed by atoms with Crippen molar-refractivity contribution in [2.45, 2.75) is 5.16 Å². The summed E-state index contributed by atoms with van der Waals surface area (Å²) in [6.07, 6.45) is 0. The molecule has 29 heavy (non-hydrogen) atoms. The SMILES string of the molecule is O=C(CSc1nnnn1-c1ccc(O)cc1)NCC(=O)Nc1ccc(F)c(F)c1. The number of anilines is 1. The number of phenolic OH excluding ortho intramolecular Hbond substituents is 1. The van der Waals surface area contributed by atoms with Crippen molar-refractivity contribution in [2.75, 3.05) is 17.6 Å². The smallest absolute Gasteiger partial charge is 0.243 e. The standard InChI is InChI=1S/C17H14F2N6O3S/c18-13-6-1-10(7-14(13)19)21-15(27)8-20-16(28)9-29-17-22-23-24-25(17)11-2-4-12(26)5-3-11/h1-7,26H,8-9H2,(H,20,28)(H,21,27). The van der Waals surface area contributed by atoms with Gasteiger partial charge in [-0.25, -0.2) is 8.78 Å². The minimum atomic E-state index is -1.09. The molecule has 0 saturated heterocycles. The lowest BCUT2D eigenvalue weighted by Gasteiger charge is -2.07. The number of aromatic nitrogens is 4. The first-order valence-corrected chi connectivity index (χ1v) is 9.13. The van der Waals surface area contributed by atoms with Crippen LogP contribution in [0.5, 0.6) is 5.75 Å². The van der Waals surface area contributed by atoms with E-state index in [1.807, 2.05) is 0 Å². The van der Waals surface area contributed by atoms with Crippen LogP contribution in [-0.4, -0.2) is 49.4 Å². The maximum atomic E-state index is 13.1. The van der Waals surface area contributed by atoms with Crippen LogP contribution in [0.25, 0.3) is 5.69 Å². The number of hydrogen-bond donors (Lipinski definition) is 3. The van der Waals surface area contributed by atoms with Crippen molar-refractivity contribution in [1.29, 1.82) is 0 Å². The minimum absolute atomic E-state index is 0.0586. The molecule has 12 heteroatoms. The van der Waals surface area contributed by atoms with Crippen LogP contribution in [0.2, 0.25) is 0 Å². The lowest BCUT2D eigenvalue weighted by molar-refractivity contribution is -0.122. The number of tetrazole rings is 1.